The third-order valence-corrected chi connectivity index (χ3v) is 3.60. The Balaban J connectivity index is 3.02. The van der Waals surface area contributed by atoms with Crippen molar-refractivity contribution in [2.45, 2.75) is 26.4 Å². The van der Waals surface area contributed by atoms with Crippen LogP contribution in [0.4, 0.5) is 0 Å². The van der Waals surface area contributed by atoms with Crippen molar-refractivity contribution < 1.29 is 5.11 Å². The summed E-state index contributed by atoms with van der Waals surface area (Å²) in [6, 6.07) is 0. The fourth-order valence-electron chi connectivity index (χ4n) is 1.91. The van der Waals surface area contributed by atoms with Crippen LogP contribution in [0.25, 0.3) is 0 Å². The van der Waals surface area contributed by atoms with Gasteiger partial charge in [0.15, 0.2) is 0 Å². The fourth-order valence-corrected chi connectivity index (χ4v) is 2.36. The van der Waals surface area contributed by atoms with Gasteiger partial charge in [-0.1, -0.05) is 66.8 Å². The summed E-state index contributed by atoms with van der Waals surface area (Å²) in [5.74, 6) is 0.328. The van der Waals surface area contributed by atoms with E-state index in [-0.39, 0.29) is 11.5 Å². The molecule has 1 nitrogen and oxygen atoms in total. The molecular weight excluding hydrogens is 311 g/mol. The summed E-state index contributed by atoms with van der Waals surface area (Å²) in [7, 11) is 0. The second kappa shape index (κ2) is 5.82. The Bertz CT molecular complexity index is 341. The standard InChI is InChI=1S/C14H19IO/c1-4-13(16)11-6-7-12(8-9-15)14(3,5-2)10-11/h5-10,12-13,16H,2,4H2,1,3H3/b9-8-/t12?,13?,14-/m0/s1. The molecule has 0 spiro atoms. The minimum atomic E-state index is -0.361. The summed E-state index contributed by atoms with van der Waals surface area (Å²) < 4.78 is 2.03. The summed E-state index contributed by atoms with van der Waals surface area (Å²) in [5, 5.41) is 9.85. The number of hydrogen-bond donors (Lipinski definition) is 1. The molecule has 88 valence electrons. The molecule has 2 unspecified atom stereocenters. The molecule has 0 heterocycles. The van der Waals surface area contributed by atoms with Gasteiger partial charge in [0.25, 0.3) is 0 Å². The zero-order chi connectivity index (χ0) is 12.2. The highest BCUT2D eigenvalue weighted by molar-refractivity contribution is 14.1. The summed E-state index contributed by atoms with van der Waals surface area (Å²) in [4.78, 5) is 0. The molecular formula is C14H19IO. The largest absolute Gasteiger partial charge is 0.388 e. The van der Waals surface area contributed by atoms with Gasteiger partial charge in [-0.2, -0.15) is 0 Å². The van der Waals surface area contributed by atoms with E-state index >= 15 is 0 Å². The van der Waals surface area contributed by atoms with Crippen LogP contribution >= 0.6 is 22.6 Å². The number of aliphatic hydroxyl groups excluding tert-OH is 1. The molecule has 1 aliphatic carbocycles. The lowest BCUT2D eigenvalue weighted by Crippen LogP contribution is -2.25. The molecule has 0 fully saturated rings. The lowest BCUT2D eigenvalue weighted by atomic mass is 9.72. The molecule has 0 aliphatic heterocycles. The first-order valence-electron chi connectivity index (χ1n) is 5.57. The van der Waals surface area contributed by atoms with E-state index in [2.05, 4.69) is 54.3 Å². The highest BCUT2D eigenvalue weighted by atomic mass is 127. The predicted molar refractivity (Wildman–Crippen MR) is 78.5 cm³/mol. The Morgan fingerprint density at radius 2 is 2.38 bits per heavy atom. The second-order valence-corrected chi connectivity index (χ2v) is 5.06. The number of rotatable bonds is 4. The summed E-state index contributed by atoms with van der Waals surface area (Å²) in [6.45, 7) is 8.05. The van der Waals surface area contributed by atoms with E-state index in [9.17, 15) is 5.11 Å². The van der Waals surface area contributed by atoms with E-state index in [0.29, 0.717) is 5.92 Å². The third kappa shape index (κ3) is 2.86. The lowest BCUT2D eigenvalue weighted by molar-refractivity contribution is 0.207. The minimum Gasteiger partial charge on any atom is -0.388 e. The topological polar surface area (TPSA) is 20.2 Å². The Kier molecular flexibility index (Phi) is 4.99. The molecule has 16 heavy (non-hydrogen) atoms. The van der Waals surface area contributed by atoms with Crippen LogP contribution in [0.1, 0.15) is 20.3 Å². The lowest BCUT2D eigenvalue weighted by Gasteiger charge is -2.33. The van der Waals surface area contributed by atoms with Crippen molar-refractivity contribution >= 4 is 22.6 Å². The Labute approximate surface area is 112 Å². The zero-order valence-corrected chi connectivity index (χ0v) is 12.0. The van der Waals surface area contributed by atoms with Crippen molar-refractivity contribution in [1.82, 2.24) is 0 Å². The van der Waals surface area contributed by atoms with Crippen LogP contribution in [0, 0.1) is 11.3 Å². The predicted octanol–water partition coefficient (Wildman–Crippen LogP) is 4.01. The van der Waals surface area contributed by atoms with Crippen LogP contribution in [0.2, 0.25) is 0 Å². The van der Waals surface area contributed by atoms with Crippen LogP contribution in [0.5, 0.6) is 0 Å². The molecule has 1 aliphatic rings. The molecule has 0 bridgehead atoms. The highest BCUT2D eigenvalue weighted by Crippen LogP contribution is 2.38. The molecule has 0 saturated heterocycles. The van der Waals surface area contributed by atoms with Crippen molar-refractivity contribution in [3.8, 4) is 0 Å². The van der Waals surface area contributed by atoms with Crippen LogP contribution in [0.15, 0.2) is 46.6 Å². The first-order chi connectivity index (χ1) is 7.57. The Morgan fingerprint density at radius 1 is 1.69 bits per heavy atom. The normalized spacial score (nSPS) is 31.5. The van der Waals surface area contributed by atoms with Gasteiger partial charge in [0.2, 0.25) is 0 Å². The first-order valence-corrected chi connectivity index (χ1v) is 6.81. The van der Waals surface area contributed by atoms with Gasteiger partial charge in [0.05, 0.1) is 6.10 Å². The SMILES string of the molecule is C=C[C@@]1(C)C=C(C(O)CC)C=CC1/C=C\I. The second-order valence-electron chi connectivity index (χ2n) is 4.34. The molecule has 0 aromatic heterocycles. The molecule has 1 N–H and O–H groups in total. The molecule has 0 radical (unpaired) electrons. The fraction of sp³-hybridized carbons (Fsp3) is 0.429. The van der Waals surface area contributed by atoms with Crippen molar-refractivity contribution in [2.75, 3.05) is 0 Å². The van der Waals surface area contributed by atoms with E-state index in [0.717, 1.165) is 12.0 Å². The molecule has 1 rings (SSSR count). The van der Waals surface area contributed by atoms with Gasteiger partial charge in [0, 0.05) is 11.3 Å². The first kappa shape index (κ1) is 13.7. The maximum Gasteiger partial charge on any atom is 0.0784 e. The average Bonchev–Trinajstić information content (AvgIpc) is 2.31. The zero-order valence-electron chi connectivity index (χ0n) is 9.86. The highest BCUT2D eigenvalue weighted by Gasteiger charge is 2.29. The molecule has 0 amide bonds. The van der Waals surface area contributed by atoms with Crippen LogP contribution in [-0.2, 0) is 0 Å². The van der Waals surface area contributed by atoms with Gasteiger partial charge in [-0.05, 0) is 16.1 Å². The van der Waals surface area contributed by atoms with Gasteiger partial charge in [0.1, 0.15) is 0 Å². The number of halogens is 1. The van der Waals surface area contributed by atoms with E-state index < -0.39 is 0 Å². The van der Waals surface area contributed by atoms with Crippen LogP contribution < -0.4 is 0 Å². The number of allylic oxidation sites excluding steroid dienone is 4. The van der Waals surface area contributed by atoms with Gasteiger partial charge >= 0.3 is 0 Å². The monoisotopic (exact) mass is 330 g/mol. The summed E-state index contributed by atoms with van der Waals surface area (Å²) >= 11 is 2.23. The van der Waals surface area contributed by atoms with Gasteiger partial charge < -0.3 is 5.11 Å². The van der Waals surface area contributed by atoms with Crippen molar-refractivity contribution in [2.24, 2.45) is 11.3 Å². The number of aliphatic hydroxyl groups is 1. The van der Waals surface area contributed by atoms with E-state index in [1.165, 1.54) is 0 Å². The molecule has 0 aromatic rings. The van der Waals surface area contributed by atoms with Crippen molar-refractivity contribution in [1.29, 1.82) is 0 Å². The molecule has 0 aromatic carbocycles. The summed E-state index contributed by atoms with van der Waals surface area (Å²) in [5.41, 5.74) is 0.907. The third-order valence-electron chi connectivity index (χ3n) is 3.18. The van der Waals surface area contributed by atoms with Gasteiger partial charge in [-0.3, -0.25) is 0 Å². The average molecular weight is 330 g/mol. The van der Waals surface area contributed by atoms with Gasteiger partial charge in [-0.25, -0.2) is 0 Å². The van der Waals surface area contributed by atoms with E-state index in [1.807, 2.05) is 23.2 Å². The maximum atomic E-state index is 9.85. The summed E-state index contributed by atoms with van der Waals surface area (Å²) in [6.07, 6.45) is 10.8. The number of hydrogen-bond acceptors (Lipinski definition) is 1. The van der Waals surface area contributed by atoms with Crippen molar-refractivity contribution in [3.05, 3.63) is 46.6 Å². The molecule has 2 heteroatoms. The Hall–Kier alpha value is -0.350. The van der Waals surface area contributed by atoms with E-state index in [4.69, 9.17) is 0 Å². The van der Waals surface area contributed by atoms with Crippen molar-refractivity contribution in [3.63, 3.8) is 0 Å². The molecule has 3 atom stereocenters. The maximum absolute atomic E-state index is 9.85. The Morgan fingerprint density at radius 3 is 2.88 bits per heavy atom. The van der Waals surface area contributed by atoms with Crippen LogP contribution in [-0.4, -0.2) is 11.2 Å². The smallest absolute Gasteiger partial charge is 0.0784 e. The van der Waals surface area contributed by atoms with E-state index in [1.54, 1.807) is 0 Å². The van der Waals surface area contributed by atoms with Gasteiger partial charge in [-0.15, -0.1) is 6.58 Å². The molecule has 0 saturated carbocycles. The van der Waals surface area contributed by atoms with Crippen LogP contribution in [0.3, 0.4) is 0 Å². The quantitative estimate of drug-likeness (QED) is 0.610. The minimum absolute atomic E-state index is 0.0953.